The van der Waals surface area contributed by atoms with E-state index in [-0.39, 0.29) is 45.7 Å². The van der Waals surface area contributed by atoms with E-state index in [1.165, 1.54) is 42.7 Å². The second-order valence-electron chi connectivity index (χ2n) is 10.2. The molecule has 2 aromatic carbocycles. The second kappa shape index (κ2) is 13.9. The van der Waals surface area contributed by atoms with Gasteiger partial charge in [-0.15, -0.1) is 0 Å². The molecule has 3 amide bonds. The average molecular weight is 616 g/mol. The lowest BCUT2D eigenvalue weighted by molar-refractivity contribution is 0.0604. The minimum absolute atomic E-state index is 0.0131. The summed E-state index contributed by atoms with van der Waals surface area (Å²) in [6.45, 7) is 5.03. The SMILES string of the molecule is CC(C)(C)OC(=O)N=C(Nc1ccc(NC(=O)c2ccc(NC(=NC(=O)O)c3ccccn3)cc2F)cc1F)c1ccccn1. The summed E-state index contributed by atoms with van der Waals surface area (Å²) in [5, 5.41) is 16.9. The summed E-state index contributed by atoms with van der Waals surface area (Å²) in [4.78, 5) is 51.9. The van der Waals surface area contributed by atoms with Gasteiger partial charge in [0.1, 0.15) is 28.6 Å². The number of hydrogen-bond acceptors (Lipinski definition) is 6. The smallest absolute Gasteiger partial charge is 0.436 e. The molecule has 12 nitrogen and oxygen atoms in total. The van der Waals surface area contributed by atoms with Gasteiger partial charge in [0.15, 0.2) is 11.7 Å². The standard InChI is InChI=1S/C31H27F2N7O5/c1-31(2,3)45-30(44)40-27(25-9-5-7-15-35-25)38-23-13-11-19(17-22(23)33)37-28(41)20-12-10-18(16-21(20)32)36-26(39-29(42)43)24-8-4-6-14-34-24/h4-17H,1-3H3,(H,36,39)(H,37,41)(H,42,43)(H,38,40,44). The van der Waals surface area contributed by atoms with Crippen molar-refractivity contribution >= 4 is 46.8 Å². The topological polar surface area (TPSA) is 167 Å². The van der Waals surface area contributed by atoms with Crippen molar-refractivity contribution in [1.82, 2.24) is 9.97 Å². The lowest BCUT2D eigenvalue weighted by atomic mass is 10.1. The van der Waals surface area contributed by atoms with Gasteiger partial charge in [-0.2, -0.15) is 9.98 Å². The van der Waals surface area contributed by atoms with Crippen LogP contribution < -0.4 is 16.0 Å². The van der Waals surface area contributed by atoms with Crippen LogP contribution in [0.4, 0.5) is 35.4 Å². The minimum Gasteiger partial charge on any atom is -0.463 e. The van der Waals surface area contributed by atoms with Gasteiger partial charge in [0, 0.05) is 23.8 Å². The molecule has 0 unspecified atom stereocenters. The molecular weight excluding hydrogens is 588 g/mol. The van der Waals surface area contributed by atoms with Gasteiger partial charge in [0.05, 0.1) is 11.3 Å². The van der Waals surface area contributed by atoms with Crippen LogP contribution >= 0.6 is 0 Å². The van der Waals surface area contributed by atoms with Gasteiger partial charge in [-0.1, -0.05) is 12.1 Å². The molecular formula is C31H27F2N7O5. The van der Waals surface area contributed by atoms with E-state index in [1.54, 1.807) is 51.1 Å². The fourth-order valence-corrected chi connectivity index (χ4v) is 3.71. The highest BCUT2D eigenvalue weighted by Crippen LogP contribution is 2.22. The van der Waals surface area contributed by atoms with Crippen LogP contribution in [0.3, 0.4) is 0 Å². The van der Waals surface area contributed by atoms with Crippen molar-refractivity contribution in [3.8, 4) is 0 Å². The monoisotopic (exact) mass is 615 g/mol. The molecule has 0 saturated carbocycles. The largest absolute Gasteiger partial charge is 0.463 e. The molecule has 2 heterocycles. The zero-order chi connectivity index (χ0) is 32.6. The van der Waals surface area contributed by atoms with Crippen LogP contribution in [0.25, 0.3) is 0 Å². The van der Waals surface area contributed by atoms with E-state index in [4.69, 9.17) is 9.84 Å². The third kappa shape index (κ3) is 9.22. The van der Waals surface area contributed by atoms with Crippen LogP contribution in [0.5, 0.6) is 0 Å². The molecule has 2 aromatic heterocycles. The van der Waals surface area contributed by atoms with Crippen LogP contribution in [0.1, 0.15) is 42.5 Å². The Hall–Kier alpha value is -6.05. The van der Waals surface area contributed by atoms with Crippen molar-refractivity contribution in [1.29, 1.82) is 0 Å². The van der Waals surface area contributed by atoms with E-state index in [2.05, 4.69) is 35.9 Å². The maximum Gasteiger partial charge on any atom is 0.436 e. The van der Waals surface area contributed by atoms with Crippen molar-refractivity contribution in [3.05, 3.63) is 114 Å². The summed E-state index contributed by atoms with van der Waals surface area (Å²) in [5.41, 5.74) is -0.699. The highest BCUT2D eigenvalue weighted by molar-refractivity contribution is 6.12. The number of aliphatic imine (C=N–C) groups is 2. The van der Waals surface area contributed by atoms with Crippen molar-refractivity contribution in [3.63, 3.8) is 0 Å². The highest BCUT2D eigenvalue weighted by Gasteiger charge is 2.19. The van der Waals surface area contributed by atoms with Gasteiger partial charge in [-0.05, 0) is 81.4 Å². The maximum atomic E-state index is 15.1. The Morgan fingerprint density at radius 2 is 1.33 bits per heavy atom. The molecule has 4 N–H and O–H groups in total. The number of carbonyl (C=O) groups is 3. The van der Waals surface area contributed by atoms with Crippen LogP contribution in [0, 0.1) is 11.6 Å². The van der Waals surface area contributed by atoms with Crippen LogP contribution in [0.15, 0.2) is 95.2 Å². The molecule has 230 valence electrons. The summed E-state index contributed by atoms with van der Waals surface area (Å²) in [6.07, 6.45) is 0.508. The molecule has 0 radical (unpaired) electrons. The Labute approximate surface area is 255 Å². The fourth-order valence-electron chi connectivity index (χ4n) is 3.71. The van der Waals surface area contributed by atoms with Crippen molar-refractivity contribution in [2.45, 2.75) is 26.4 Å². The number of pyridine rings is 2. The molecule has 0 saturated heterocycles. The average Bonchev–Trinajstić information content (AvgIpc) is 2.97. The Bertz CT molecular complexity index is 1780. The van der Waals surface area contributed by atoms with Crippen LogP contribution in [-0.4, -0.2) is 50.4 Å². The fraction of sp³-hybridized carbons (Fsp3) is 0.129. The molecule has 45 heavy (non-hydrogen) atoms. The Kier molecular flexibility index (Phi) is 9.88. The molecule has 0 fully saturated rings. The van der Waals surface area contributed by atoms with Crippen LogP contribution in [0.2, 0.25) is 0 Å². The lowest BCUT2D eigenvalue weighted by Crippen LogP contribution is -2.24. The molecule has 0 atom stereocenters. The number of amidine groups is 2. The molecule has 4 rings (SSSR count). The number of ether oxygens (including phenoxy) is 1. The highest BCUT2D eigenvalue weighted by atomic mass is 19.1. The van der Waals surface area contributed by atoms with Crippen molar-refractivity contribution in [2.75, 3.05) is 16.0 Å². The number of nitrogens with zero attached hydrogens (tertiary/aromatic N) is 4. The number of amides is 3. The van der Waals surface area contributed by atoms with E-state index in [1.807, 2.05) is 0 Å². The predicted octanol–water partition coefficient (Wildman–Crippen LogP) is 6.34. The molecule has 0 aliphatic rings. The van der Waals surface area contributed by atoms with Crippen molar-refractivity contribution < 1.29 is 33.0 Å². The number of carbonyl (C=O) groups excluding carboxylic acids is 2. The third-order valence-electron chi connectivity index (χ3n) is 5.58. The van der Waals surface area contributed by atoms with E-state index >= 15 is 4.39 Å². The number of nitrogens with one attached hydrogen (secondary N) is 3. The van der Waals surface area contributed by atoms with Gasteiger partial charge < -0.3 is 25.8 Å². The summed E-state index contributed by atoms with van der Waals surface area (Å²) in [5.74, 6) is -2.85. The van der Waals surface area contributed by atoms with Gasteiger partial charge in [0.25, 0.3) is 5.91 Å². The Morgan fingerprint density at radius 1 is 0.756 bits per heavy atom. The first kappa shape index (κ1) is 31.9. The molecule has 4 aromatic rings. The Balaban J connectivity index is 1.49. The minimum atomic E-state index is -1.49. The third-order valence-corrected chi connectivity index (χ3v) is 5.58. The van der Waals surface area contributed by atoms with Gasteiger partial charge in [-0.25, -0.2) is 18.4 Å². The predicted molar refractivity (Wildman–Crippen MR) is 164 cm³/mol. The molecule has 0 aliphatic carbocycles. The molecule has 0 spiro atoms. The summed E-state index contributed by atoms with van der Waals surface area (Å²) in [6, 6.07) is 16.8. The lowest BCUT2D eigenvalue weighted by Gasteiger charge is -2.18. The van der Waals surface area contributed by atoms with Gasteiger partial charge >= 0.3 is 12.2 Å². The summed E-state index contributed by atoms with van der Waals surface area (Å²) >= 11 is 0. The normalized spacial score (nSPS) is 11.8. The number of hydrogen-bond donors (Lipinski definition) is 4. The zero-order valence-electron chi connectivity index (χ0n) is 24.2. The number of halogens is 2. The Morgan fingerprint density at radius 3 is 1.87 bits per heavy atom. The first-order chi connectivity index (χ1) is 21.4. The number of aromatic nitrogens is 2. The van der Waals surface area contributed by atoms with Gasteiger partial charge in [-0.3, -0.25) is 14.8 Å². The summed E-state index contributed by atoms with van der Waals surface area (Å²) in [7, 11) is 0. The number of benzene rings is 2. The van der Waals surface area contributed by atoms with E-state index in [0.717, 1.165) is 12.1 Å². The van der Waals surface area contributed by atoms with Crippen LogP contribution in [-0.2, 0) is 4.74 Å². The number of carboxylic acid groups (broad SMARTS) is 1. The van der Waals surface area contributed by atoms with E-state index in [9.17, 15) is 18.8 Å². The van der Waals surface area contributed by atoms with Crippen molar-refractivity contribution in [2.24, 2.45) is 9.98 Å². The number of rotatable bonds is 6. The van der Waals surface area contributed by atoms with E-state index < -0.39 is 35.3 Å². The quantitative estimate of drug-likeness (QED) is 0.143. The van der Waals surface area contributed by atoms with E-state index in [0.29, 0.717) is 0 Å². The number of anilines is 3. The molecule has 14 heteroatoms. The first-order valence-corrected chi connectivity index (χ1v) is 13.3. The zero-order valence-corrected chi connectivity index (χ0v) is 24.2. The molecule has 0 aliphatic heterocycles. The second-order valence-corrected chi connectivity index (χ2v) is 10.2. The molecule has 0 bridgehead atoms. The maximum absolute atomic E-state index is 15.1. The van der Waals surface area contributed by atoms with Gasteiger partial charge in [0.2, 0.25) is 0 Å². The first-order valence-electron chi connectivity index (χ1n) is 13.3. The summed E-state index contributed by atoms with van der Waals surface area (Å²) < 4.78 is 35.3.